The van der Waals surface area contributed by atoms with Crippen LogP contribution < -0.4 is 28.4 Å². The van der Waals surface area contributed by atoms with Gasteiger partial charge < -0.3 is 18.9 Å². The number of benzene rings is 4. The number of rotatable bonds is 11. The Labute approximate surface area is 244 Å². The maximum atomic E-state index is 12.8. The Kier molecular flexibility index (Phi) is 7.78. The number of nitrogens with one attached hydrogen (secondary N) is 2. The highest BCUT2D eigenvalue weighted by molar-refractivity contribution is 7.89. The van der Waals surface area contributed by atoms with E-state index in [0.29, 0.717) is 35.8 Å². The second-order valence-electron chi connectivity index (χ2n) is 9.81. The fourth-order valence-corrected chi connectivity index (χ4v) is 6.62. The molecule has 12 heteroatoms. The molecule has 2 aliphatic rings. The Balaban J connectivity index is 1.00. The van der Waals surface area contributed by atoms with Crippen molar-refractivity contribution >= 4 is 20.0 Å². The first-order valence-corrected chi connectivity index (χ1v) is 16.2. The highest BCUT2D eigenvalue weighted by Crippen LogP contribution is 2.33. The summed E-state index contributed by atoms with van der Waals surface area (Å²) in [7, 11) is -7.39. The van der Waals surface area contributed by atoms with Crippen LogP contribution in [0.2, 0.25) is 0 Å². The number of sulfonamides is 2. The minimum atomic E-state index is -3.70. The van der Waals surface area contributed by atoms with Gasteiger partial charge in [0.25, 0.3) is 0 Å². The van der Waals surface area contributed by atoms with Crippen molar-refractivity contribution in [2.75, 3.05) is 13.6 Å². The number of aryl methyl sites for hydroxylation is 2. The molecule has 0 unspecified atom stereocenters. The summed E-state index contributed by atoms with van der Waals surface area (Å²) in [5.74, 6) is 2.48. The van der Waals surface area contributed by atoms with Gasteiger partial charge in [-0.2, -0.15) is 0 Å². The van der Waals surface area contributed by atoms with E-state index in [1.54, 1.807) is 84.9 Å². The summed E-state index contributed by atoms with van der Waals surface area (Å²) in [6.07, 6.45) is 1.33. The highest BCUT2D eigenvalue weighted by atomic mass is 32.2. The van der Waals surface area contributed by atoms with Gasteiger partial charge in [-0.3, -0.25) is 0 Å². The van der Waals surface area contributed by atoms with Gasteiger partial charge in [0.05, 0.1) is 9.79 Å². The third kappa shape index (κ3) is 6.36. The minimum absolute atomic E-state index is 0.125. The van der Waals surface area contributed by atoms with Crippen LogP contribution in [-0.4, -0.2) is 30.4 Å². The van der Waals surface area contributed by atoms with Crippen molar-refractivity contribution in [1.29, 1.82) is 0 Å². The SMILES string of the molecule is O=S(=O)(NCc1ccc2c(c1)OCO2)c1ccc(CCc2ccc(S(=O)(=O)NCc3ccc4c(c3)OCO4)cc2)cc1. The minimum Gasteiger partial charge on any atom is -0.454 e. The molecule has 6 rings (SSSR count). The lowest BCUT2D eigenvalue weighted by molar-refractivity contribution is 0.173. The molecule has 0 radical (unpaired) electrons. The van der Waals surface area contributed by atoms with Crippen molar-refractivity contribution in [3.05, 3.63) is 107 Å². The standard InChI is InChI=1S/C30H28N2O8S2/c33-41(34,31-17-23-7-13-27-29(15-23)39-19-37-27)25-9-3-21(4-10-25)1-2-22-5-11-26(12-6-22)42(35,36)32-18-24-8-14-28-30(16-24)40-20-38-28/h3-16,31-32H,1-2,17-20H2. The van der Waals surface area contributed by atoms with E-state index in [9.17, 15) is 16.8 Å². The average Bonchev–Trinajstić information content (AvgIpc) is 3.67. The highest BCUT2D eigenvalue weighted by Gasteiger charge is 2.18. The third-order valence-corrected chi connectivity index (χ3v) is 9.81. The van der Waals surface area contributed by atoms with Crippen LogP contribution in [-0.2, 0) is 46.0 Å². The Morgan fingerprint density at radius 1 is 0.476 bits per heavy atom. The van der Waals surface area contributed by atoms with Gasteiger partial charge in [-0.05, 0) is 83.6 Å². The van der Waals surface area contributed by atoms with E-state index in [1.807, 2.05) is 0 Å². The summed E-state index contributed by atoms with van der Waals surface area (Å²) < 4.78 is 77.6. The zero-order chi connectivity index (χ0) is 29.2. The molecule has 2 heterocycles. The third-order valence-electron chi connectivity index (χ3n) is 6.98. The fraction of sp³-hybridized carbons (Fsp3) is 0.200. The molecule has 0 bridgehead atoms. The molecule has 0 amide bonds. The largest absolute Gasteiger partial charge is 0.454 e. The van der Waals surface area contributed by atoms with Crippen LogP contribution in [0, 0.1) is 0 Å². The second-order valence-corrected chi connectivity index (χ2v) is 13.3. The summed E-state index contributed by atoms with van der Waals surface area (Å²) >= 11 is 0. The van der Waals surface area contributed by atoms with Gasteiger partial charge in [0.1, 0.15) is 0 Å². The van der Waals surface area contributed by atoms with Crippen LogP contribution >= 0.6 is 0 Å². The quantitative estimate of drug-likeness (QED) is 0.263. The second kappa shape index (κ2) is 11.6. The molecule has 2 aliphatic heterocycles. The van der Waals surface area contributed by atoms with Crippen LogP contribution in [0.3, 0.4) is 0 Å². The number of fused-ring (bicyclic) bond motifs is 2. The fourth-order valence-electron chi connectivity index (χ4n) is 4.58. The van der Waals surface area contributed by atoms with E-state index in [1.165, 1.54) is 0 Å². The van der Waals surface area contributed by atoms with Gasteiger partial charge in [0.15, 0.2) is 23.0 Å². The lowest BCUT2D eigenvalue weighted by Gasteiger charge is -2.10. The number of hydrogen-bond acceptors (Lipinski definition) is 8. The summed E-state index contributed by atoms with van der Waals surface area (Å²) in [5, 5.41) is 0. The van der Waals surface area contributed by atoms with Crippen LogP contribution in [0.25, 0.3) is 0 Å². The predicted molar refractivity (Wildman–Crippen MR) is 153 cm³/mol. The zero-order valence-electron chi connectivity index (χ0n) is 22.4. The molecule has 0 spiro atoms. The molecule has 4 aromatic carbocycles. The summed E-state index contributed by atoms with van der Waals surface area (Å²) in [5.41, 5.74) is 3.45. The smallest absolute Gasteiger partial charge is 0.240 e. The molecule has 0 saturated carbocycles. The maximum absolute atomic E-state index is 12.8. The van der Waals surface area contributed by atoms with Gasteiger partial charge in [0.2, 0.25) is 33.6 Å². The van der Waals surface area contributed by atoms with E-state index < -0.39 is 20.0 Å². The summed E-state index contributed by atoms with van der Waals surface area (Å²) in [4.78, 5) is 0.351. The number of hydrogen-bond donors (Lipinski definition) is 2. The van der Waals surface area contributed by atoms with Gasteiger partial charge in [0, 0.05) is 13.1 Å². The first-order valence-electron chi connectivity index (χ1n) is 13.2. The Morgan fingerprint density at radius 3 is 1.24 bits per heavy atom. The van der Waals surface area contributed by atoms with Gasteiger partial charge in [-0.1, -0.05) is 36.4 Å². The number of ether oxygens (including phenoxy) is 4. The summed E-state index contributed by atoms with van der Waals surface area (Å²) in [6, 6.07) is 24.1. The normalized spacial score (nSPS) is 13.8. The Hall–Kier alpha value is -4.10. The van der Waals surface area contributed by atoms with Crippen molar-refractivity contribution in [3.63, 3.8) is 0 Å². The predicted octanol–water partition coefficient (Wildman–Crippen LogP) is 3.89. The van der Waals surface area contributed by atoms with Crippen molar-refractivity contribution in [2.45, 2.75) is 35.7 Å². The maximum Gasteiger partial charge on any atom is 0.240 e. The molecular weight excluding hydrogens is 580 g/mol. The zero-order valence-corrected chi connectivity index (χ0v) is 24.0. The van der Waals surface area contributed by atoms with Crippen molar-refractivity contribution in [3.8, 4) is 23.0 Å². The molecule has 0 fully saturated rings. The van der Waals surface area contributed by atoms with E-state index in [-0.39, 0.29) is 36.5 Å². The Bertz CT molecular complexity index is 1670. The molecule has 0 atom stereocenters. The monoisotopic (exact) mass is 608 g/mol. The van der Waals surface area contributed by atoms with Crippen molar-refractivity contribution in [1.82, 2.24) is 9.44 Å². The van der Waals surface area contributed by atoms with Gasteiger partial charge >= 0.3 is 0 Å². The molecule has 4 aromatic rings. The van der Waals surface area contributed by atoms with E-state index in [0.717, 1.165) is 22.3 Å². The van der Waals surface area contributed by atoms with Crippen LogP contribution in [0.5, 0.6) is 23.0 Å². The molecule has 218 valence electrons. The van der Waals surface area contributed by atoms with Crippen molar-refractivity contribution < 1.29 is 35.8 Å². The van der Waals surface area contributed by atoms with Crippen LogP contribution in [0.15, 0.2) is 94.7 Å². The lowest BCUT2D eigenvalue weighted by atomic mass is 10.0. The van der Waals surface area contributed by atoms with E-state index in [2.05, 4.69) is 9.44 Å². The van der Waals surface area contributed by atoms with Crippen LogP contribution in [0.4, 0.5) is 0 Å². The molecule has 10 nitrogen and oxygen atoms in total. The van der Waals surface area contributed by atoms with Crippen LogP contribution in [0.1, 0.15) is 22.3 Å². The Morgan fingerprint density at radius 2 is 0.833 bits per heavy atom. The van der Waals surface area contributed by atoms with Gasteiger partial charge in [-0.25, -0.2) is 26.3 Å². The topological polar surface area (TPSA) is 129 Å². The molecular formula is C30H28N2O8S2. The van der Waals surface area contributed by atoms with Gasteiger partial charge in [-0.15, -0.1) is 0 Å². The molecule has 2 N–H and O–H groups in total. The molecule has 0 aromatic heterocycles. The van der Waals surface area contributed by atoms with E-state index in [4.69, 9.17) is 18.9 Å². The lowest BCUT2D eigenvalue weighted by Crippen LogP contribution is -2.23. The molecule has 0 saturated heterocycles. The summed E-state index contributed by atoms with van der Waals surface area (Å²) in [6.45, 7) is 0.568. The molecule has 0 aliphatic carbocycles. The van der Waals surface area contributed by atoms with E-state index >= 15 is 0 Å². The first kappa shape index (κ1) is 28.0. The average molecular weight is 609 g/mol. The first-order chi connectivity index (χ1) is 20.2. The molecule has 42 heavy (non-hydrogen) atoms. The van der Waals surface area contributed by atoms with Crippen molar-refractivity contribution in [2.24, 2.45) is 0 Å².